The number of sulfonamides is 1. The summed E-state index contributed by atoms with van der Waals surface area (Å²) in [6, 6.07) is 12.4. The molecule has 1 atom stereocenters. The zero-order valence-corrected chi connectivity index (χ0v) is 25.8. The standard InChI is InChI=1S/C33H41F2N3O5S/c1-2-3-20-42-27-13-10-25(11-14-27)33(34,35)31(32(39)38-18-16-26(36)17-19-38)37-44(40,41)30-15-9-23-21-29(12-8-24(23)22-30)43-28-6-4-5-7-28/h8-15,21-22,26,28,31,37H,2-7,16-20,36H2,1H3/t31-/m1/s1. The van der Waals surface area contributed by atoms with Crippen LogP contribution < -0.4 is 19.9 Å². The molecule has 0 bridgehead atoms. The molecule has 1 saturated heterocycles. The first-order chi connectivity index (χ1) is 21.1. The fourth-order valence-corrected chi connectivity index (χ4v) is 6.95. The first kappa shape index (κ1) is 32.1. The number of hydrogen-bond donors (Lipinski definition) is 2. The number of hydrogen-bond acceptors (Lipinski definition) is 6. The molecule has 0 aromatic heterocycles. The molecule has 0 radical (unpaired) electrons. The second kappa shape index (κ2) is 13.8. The Morgan fingerprint density at radius 2 is 1.61 bits per heavy atom. The lowest BCUT2D eigenvalue weighted by atomic mass is 9.98. The minimum Gasteiger partial charge on any atom is -0.494 e. The number of carbonyl (C=O) groups excluding carboxylic acids is 1. The topological polar surface area (TPSA) is 111 Å². The summed E-state index contributed by atoms with van der Waals surface area (Å²) in [6.45, 7) is 2.80. The van der Waals surface area contributed by atoms with Crippen molar-refractivity contribution in [1.82, 2.24) is 9.62 Å². The average Bonchev–Trinajstić information content (AvgIpc) is 3.53. The van der Waals surface area contributed by atoms with Crippen LogP contribution in [0.2, 0.25) is 0 Å². The van der Waals surface area contributed by atoms with Crippen LogP contribution in [-0.2, 0) is 20.7 Å². The Kier molecular flexibility index (Phi) is 10.1. The summed E-state index contributed by atoms with van der Waals surface area (Å²) in [5.74, 6) is -3.75. The van der Waals surface area contributed by atoms with E-state index in [0.717, 1.165) is 43.9 Å². The van der Waals surface area contributed by atoms with Crippen molar-refractivity contribution in [3.05, 3.63) is 66.2 Å². The smallest absolute Gasteiger partial charge is 0.298 e. The average molecular weight is 630 g/mol. The number of amides is 1. The Bertz CT molecular complexity index is 1540. The van der Waals surface area contributed by atoms with Crippen molar-refractivity contribution in [2.24, 2.45) is 5.73 Å². The van der Waals surface area contributed by atoms with Crippen LogP contribution in [0.1, 0.15) is 63.9 Å². The van der Waals surface area contributed by atoms with Gasteiger partial charge in [0.15, 0.2) is 6.04 Å². The fraction of sp³-hybridized carbons (Fsp3) is 0.485. The van der Waals surface area contributed by atoms with Crippen LogP contribution in [0.3, 0.4) is 0 Å². The normalized spacial score (nSPS) is 17.6. The van der Waals surface area contributed by atoms with Gasteiger partial charge in [0.1, 0.15) is 11.5 Å². The third kappa shape index (κ3) is 7.50. The fourth-order valence-electron chi connectivity index (χ4n) is 5.72. The maximum absolute atomic E-state index is 16.2. The summed E-state index contributed by atoms with van der Waals surface area (Å²) in [5.41, 5.74) is 5.47. The number of nitrogens with zero attached hydrogens (tertiary/aromatic N) is 1. The molecule has 5 rings (SSSR count). The number of rotatable bonds is 12. The van der Waals surface area contributed by atoms with Crippen LogP contribution in [0.5, 0.6) is 11.5 Å². The molecule has 3 aromatic rings. The Hall–Kier alpha value is -3.28. The number of unbranched alkanes of at least 4 members (excludes halogenated alkanes) is 1. The number of nitrogens with two attached hydrogens (primary N) is 1. The SMILES string of the molecule is CCCCOc1ccc(C(F)(F)[C@H](NS(=O)(=O)c2ccc3cc(OC4CCCC4)ccc3c2)C(=O)N2CCC(N)CC2)cc1. The molecule has 2 fully saturated rings. The second-order valence-corrected chi connectivity index (χ2v) is 13.5. The molecule has 1 heterocycles. The number of carbonyl (C=O) groups is 1. The lowest BCUT2D eigenvalue weighted by molar-refractivity contribution is -0.145. The van der Waals surface area contributed by atoms with E-state index in [1.165, 1.54) is 41.3 Å². The monoisotopic (exact) mass is 629 g/mol. The van der Waals surface area contributed by atoms with Gasteiger partial charge >= 0.3 is 0 Å². The van der Waals surface area contributed by atoms with Crippen LogP contribution in [0.15, 0.2) is 65.6 Å². The molecule has 1 aliphatic heterocycles. The molecule has 3 N–H and O–H groups in total. The largest absolute Gasteiger partial charge is 0.494 e. The number of halogens is 2. The highest BCUT2D eigenvalue weighted by atomic mass is 32.2. The lowest BCUT2D eigenvalue weighted by Crippen LogP contribution is -2.57. The Morgan fingerprint density at radius 1 is 0.977 bits per heavy atom. The van der Waals surface area contributed by atoms with E-state index >= 15 is 8.78 Å². The number of benzene rings is 3. The summed E-state index contributed by atoms with van der Waals surface area (Å²) < 4.78 is 73.4. The van der Waals surface area contributed by atoms with Crippen molar-refractivity contribution in [3.8, 4) is 11.5 Å². The molecule has 8 nitrogen and oxygen atoms in total. The molecule has 1 saturated carbocycles. The number of likely N-dealkylation sites (tertiary alicyclic amines) is 1. The van der Waals surface area contributed by atoms with E-state index in [-0.39, 0.29) is 30.1 Å². The van der Waals surface area contributed by atoms with Gasteiger partial charge in [-0.2, -0.15) is 13.5 Å². The van der Waals surface area contributed by atoms with Crippen molar-refractivity contribution < 1.29 is 31.5 Å². The molecule has 2 aliphatic rings. The van der Waals surface area contributed by atoms with Crippen LogP contribution in [0, 0.1) is 0 Å². The van der Waals surface area contributed by atoms with Gasteiger partial charge in [-0.05, 0) is 104 Å². The van der Waals surface area contributed by atoms with Crippen molar-refractivity contribution in [3.63, 3.8) is 0 Å². The summed E-state index contributed by atoms with van der Waals surface area (Å²) in [4.78, 5) is 14.7. The van der Waals surface area contributed by atoms with Gasteiger partial charge in [0.2, 0.25) is 15.9 Å². The quantitative estimate of drug-likeness (QED) is 0.248. The summed E-state index contributed by atoms with van der Waals surface area (Å²) in [6.07, 6.45) is 7.09. The first-order valence-electron chi connectivity index (χ1n) is 15.4. The summed E-state index contributed by atoms with van der Waals surface area (Å²) in [5, 5.41) is 1.35. The van der Waals surface area contributed by atoms with E-state index < -0.39 is 33.5 Å². The molecule has 238 valence electrons. The molecular formula is C33H41F2N3O5S. The van der Waals surface area contributed by atoms with Crippen molar-refractivity contribution in [2.75, 3.05) is 19.7 Å². The van der Waals surface area contributed by atoms with Gasteiger partial charge < -0.3 is 20.1 Å². The van der Waals surface area contributed by atoms with E-state index in [1.54, 1.807) is 18.2 Å². The summed E-state index contributed by atoms with van der Waals surface area (Å²) >= 11 is 0. The highest BCUT2D eigenvalue weighted by Gasteiger charge is 2.50. The molecular weight excluding hydrogens is 588 g/mol. The third-order valence-corrected chi connectivity index (χ3v) is 9.86. The third-order valence-electron chi connectivity index (χ3n) is 8.44. The molecule has 0 unspecified atom stereocenters. The molecule has 44 heavy (non-hydrogen) atoms. The van der Waals surface area contributed by atoms with E-state index in [2.05, 4.69) is 4.72 Å². The van der Waals surface area contributed by atoms with Gasteiger partial charge in [0.05, 0.1) is 17.6 Å². The zero-order chi connectivity index (χ0) is 31.3. The van der Waals surface area contributed by atoms with Crippen molar-refractivity contribution >= 4 is 26.7 Å². The Balaban J connectivity index is 1.41. The number of ether oxygens (including phenoxy) is 2. The van der Waals surface area contributed by atoms with Crippen LogP contribution in [0.4, 0.5) is 8.78 Å². The zero-order valence-electron chi connectivity index (χ0n) is 25.0. The maximum Gasteiger partial charge on any atom is 0.298 e. The number of fused-ring (bicyclic) bond motifs is 1. The number of nitrogens with one attached hydrogen (secondary N) is 1. The molecule has 3 aromatic carbocycles. The predicted molar refractivity (Wildman–Crippen MR) is 165 cm³/mol. The van der Waals surface area contributed by atoms with Crippen LogP contribution in [-0.4, -0.2) is 57.1 Å². The van der Waals surface area contributed by atoms with Crippen molar-refractivity contribution in [1.29, 1.82) is 0 Å². The van der Waals surface area contributed by atoms with Gasteiger partial charge in [-0.25, -0.2) is 8.42 Å². The predicted octanol–water partition coefficient (Wildman–Crippen LogP) is 5.73. The molecule has 1 aliphatic carbocycles. The van der Waals surface area contributed by atoms with Crippen LogP contribution >= 0.6 is 0 Å². The van der Waals surface area contributed by atoms with Gasteiger partial charge in [-0.1, -0.05) is 25.5 Å². The Labute approximate surface area is 257 Å². The molecule has 1 amide bonds. The van der Waals surface area contributed by atoms with Crippen molar-refractivity contribution in [2.45, 2.75) is 87.3 Å². The van der Waals surface area contributed by atoms with Gasteiger partial charge in [0, 0.05) is 24.7 Å². The Morgan fingerprint density at radius 3 is 2.30 bits per heavy atom. The van der Waals surface area contributed by atoms with Gasteiger partial charge in [-0.15, -0.1) is 0 Å². The maximum atomic E-state index is 16.2. The first-order valence-corrected chi connectivity index (χ1v) is 16.9. The number of piperidine rings is 1. The van der Waals surface area contributed by atoms with E-state index in [4.69, 9.17) is 15.2 Å². The van der Waals surface area contributed by atoms with E-state index in [0.29, 0.717) is 36.3 Å². The van der Waals surface area contributed by atoms with E-state index in [9.17, 15) is 13.2 Å². The highest BCUT2D eigenvalue weighted by Crippen LogP contribution is 2.36. The lowest BCUT2D eigenvalue weighted by Gasteiger charge is -2.35. The number of alkyl halides is 2. The van der Waals surface area contributed by atoms with E-state index in [1.807, 2.05) is 13.0 Å². The minimum absolute atomic E-state index is 0.142. The minimum atomic E-state index is -4.55. The second-order valence-electron chi connectivity index (χ2n) is 11.8. The van der Waals surface area contributed by atoms with Gasteiger partial charge in [-0.3, -0.25) is 4.79 Å². The summed E-state index contributed by atoms with van der Waals surface area (Å²) in [7, 11) is -4.55. The van der Waals surface area contributed by atoms with Gasteiger partial charge in [0.25, 0.3) is 5.92 Å². The highest BCUT2D eigenvalue weighted by molar-refractivity contribution is 7.89. The van der Waals surface area contributed by atoms with Crippen LogP contribution in [0.25, 0.3) is 10.8 Å². The molecule has 0 spiro atoms. The molecule has 11 heteroatoms.